The lowest BCUT2D eigenvalue weighted by Crippen LogP contribution is -2.50. The number of halogens is 5. The Labute approximate surface area is 197 Å². The molecule has 0 N–H and O–H groups in total. The number of hydrogen-bond donors (Lipinski definition) is 0. The molecule has 3 heterocycles. The van der Waals surface area contributed by atoms with Gasteiger partial charge in [0.2, 0.25) is 0 Å². The van der Waals surface area contributed by atoms with Gasteiger partial charge < -0.3 is 4.74 Å². The summed E-state index contributed by atoms with van der Waals surface area (Å²) >= 11 is 0. The van der Waals surface area contributed by atoms with E-state index in [1.807, 2.05) is 6.07 Å². The van der Waals surface area contributed by atoms with E-state index < -0.39 is 46.6 Å². The van der Waals surface area contributed by atoms with Crippen LogP contribution in [-0.4, -0.2) is 48.9 Å². The molecule has 0 atom stereocenters. The van der Waals surface area contributed by atoms with Gasteiger partial charge in [-0.05, 0) is 31.5 Å². The molecule has 1 aliphatic rings. The van der Waals surface area contributed by atoms with Crippen LogP contribution in [0.4, 0.5) is 32.4 Å². The molecule has 1 aliphatic heterocycles. The predicted molar refractivity (Wildman–Crippen MR) is 112 cm³/mol. The molecule has 0 saturated carbocycles. The Bertz CT molecular complexity index is 1320. The van der Waals surface area contributed by atoms with Gasteiger partial charge in [-0.1, -0.05) is 6.92 Å². The smallest absolute Gasteiger partial charge is 0.444 e. The van der Waals surface area contributed by atoms with Crippen LogP contribution in [0.15, 0.2) is 29.4 Å². The normalized spacial score (nSPS) is 14.8. The number of amides is 1. The lowest BCUT2D eigenvalue weighted by Gasteiger charge is -2.32. The molecule has 0 fully saturated rings. The summed E-state index contributed by atoms with van der Waals surface area (Å²) in [5.41, 5.74) is -1.21. The van der Waals surface area contributed by atoms with E-state index in [2.05, 4.69) is 9.97 Å². The summed E-state index contributed by atoms with van der Waals surface area (Å²) < 4.78 is 95.6. The van der Waals surface area contributed by atoms with Gasteiger partial charge >= 0.3 is 18.2 Å². The molecule has 0 bridgehead atoms. The van der Waals surface area contributed by atoms with Gasteiger partial charge in [0.25, 0.3) is 0 Å². The zero-order chi connectivity index (χ0) is 26.4. The second-order valence-electron chi connectivity index (χ2n) is 8.25. The van der Waals surface area contributed by atoms with Crippen molar-refractivity contribution in [1.82, 2.24) is 9.97 Å². The van der Waals surface area contributed by atoms with E-state index in [9.17, 15) is 40.4 Å². The Kier molecular flexibility index (Phi) is 6.53. The predicted octanol–water partition coefficient (Wildman–Crippen LogP) is 4.39. The highest BCUT2D eigenvalue weighted by Crippen LogP contribution is 2.39. The van der Waals surface area contributed by atoms with Crippen molar-refractivity contribution < 1.29 is 39.9 Å². The van der Waals surface area contributed by atoms with Gasteiger partial charge in [-0.25, -0.2) is 13.2 Å². The third kappa shape index (κ3) is 4.90. The van der Waals surface area contributed by atoms with E-state index in [4.69, 9.17) is 4.74 Å². The van der Waals surface area contributed by atoms with Crippen LogP contribution in [0.1, 0.15) is 31.9 Å². The molecule has 188 valence electrons. The molecule has 3 rings (SSSR count). The van der Waals surface area contributed by atoms with Crippen LogP contribution in [0.2, 0.25) is 0 Å². The highest BCUT2D eigenvalue weighted by molar-refractivity contribution is 7.91. The number of nitriles is 1. The minimum absolute atomic E-state index is 0.0238. The number of carbonyl (C=O) groups excluding carboxylic acids is 1. The van der Waals surface area contributed by atoms with E-state index in [1.54, 1.807) is 13.8 Å². The molecule has 0 unspecified atom stereocenters. The largest absolute Gasteiger partial charge is 0.455 e. The van der Waals surface area contributed by atoms with Gasteiger partial charge in [-0.2, -0.15) is 27.2 Å². The monoisotopic (exact) mass is 518 g/mol. The summed E-state index contributed by atoms with van der Waals surface area (Å²) in [6, 6.07) is 4.54. The summed E-state index contributed by atoms with van der Waals surface area (Å²) in [6.45, 7) is 2.06. The summed E-state index contributed by atoms with van der Waals surface area (Å²) in [4.78, 5) is 20.0. The van der Waals surface area contributed by atoms with Gasteiger partial charge in [0.15, 0.2) is 9.84 Å². The topological polar surface area (TPSA) is 113 Å². The highest BCUT2D eigenvalue weighted by atomic mass is 32.2. The lowest BCUT2D eigenvalue weighted by atomic mass is 9.87. The first-order valence-corrected chi connectivity index (χ1v) is 11.7. The van der Waals surface area contributed by atoms with Crippen molar-refractivity contribution in [1.29, 1.82) is 5.26 Å². The number of pyridine rings is 2. The number of ether oxygens (including phenoxy) is 1. The fourth-order valence-corrected chi connectivity index (χ4v) is 4.24. The molecule has 0 saturated heterocycles. The Balaban J connectivity index is 2.13. The fourth-order valence-electron chi connectivity index (χ4n) is 3.17. The molecule has 0 spiro atoms. The van der Waals surface area contributed by atoms with Crippen molar-refractivity contribution in [2.24, 2.45) is 0 Å². The minimum Gasteiger partial charge on any atom is -0.444 e. The highest BCUT2D eigenvalue weighted by Gasteiger charge is 2.59. The number of alkyl halides is 5. The number of cyclic esters (lactones) is 1. The van der Waals surface area contributed by atoms with Crippen molar-refractivity contribution >= 4 is 21.6 Å². The van der Waals surface area contributed by atoms with Crippen molar-refractivity contribution in [3.8, 4) is 17.5 Å². The average Bonchev–Trinajstić information content (AvgIpc) is 2.79. The van der Waals surface area contributed by atoms with E-state index in [0.29, 0.717) is 5.56 Å². The number of aromatic nitrogens is 2. The van der Waals surface area contributed by atoms with Gasteiger partial charge in [0.05, 0.1) is 39.7 Å². The molecular weight excluding hydrogens is 499 g/mol. The van der Waals surface area contributed by atoms with Crippen molar-refractivity contribution in [2.45, 2.75) is 49.8 Å². The third-order valence-corrected chi connectivity index (χ3v) is 7.15. The van der Waals surface area contributed by atoms with Crippen LogP contribution < -0.4 is 4.90 Å². The van der Waals surface area contributed by atoms with Crippen molar-refractivity contribution in [3.05, 3.63) is 35.7 Å². The maximum absolute atomic E-state index is 13.6. The molecule has 2 aromatic rings. The van der Waals surface area contributed by atoms with Crippen LogP contribution in [0.5, 0.6) is 0 Å². The Hall–Kier alpha value is -3.34. The Morgan fingerprint density at radius 3 is 2.37 bits per heavy atom. The summed E-state index contributed by atoms with van der Waals surface area (Å²) in [6.07, 6.45) is -5.13. The Morgan fingerprint density at radius 1 is 1.14 bits per heavy atom. The maximum atomic E-state index is 13.6. The molecular formula is C21H19F5N4O4S. The van der Waals surface area contributed by atoms with Crippen molar-refractivity contribution in [2.75, 3.05) is 17.2 Å². The molecule has 0 radical (unpaired) electrons. The molecule has 14 heteroatoms. The van der Waals surface area contributed by atoms with Gasteiger partial charge in [-0.15, -0.1) is 0 Å². The van der Waals surface area contributed by atoms with E-state index in [1.165, 1.54) is 25.3 Å². The van der Waals surface area contributed by atoms with Gasteiger partial charge in [0.1, 0.15) is 18.8 Å². The molecule has 0 aromatic carbocycles. The van der Waals surface area contributed by atoms with E-state index in [-0.39, 0.29) is 38.2 Å². The Morgan fingerprint density at radius 2 is 1.80 bits per heavy atom. The van der Waals surface area contributed by atoms with E-state index >= 15 is 0 Å². The molecule has 0 aliphatic carbocycles. The first-order valence-electron chi connectivity index (χ1n) is 10.1. The SMILES string of the molecule is CCS(=O)(=O)c1cc(C(C)(C)C#N)cnc1-c1cc2c(cn1)N(CC(F)(F)C(F)(F)F)C(=O)OC2. The zero-order valence-corrected chi connectivity index (χ0v) is 19.5. The third-order valence-electron chi connectivity index (χ3n) is 5.41. The number of anilines is 1. The first-order chi connectivity index (χ1) is 16.0. The first kappa shape index (κ1) is 26.3. The zero-order valence-electron chi connectivity index (χ0n) is 18.7. The van der Waals surface area contributed by atoms with E-state index in [0.717, 1.165) is 6.20 Å². The second-order valence-corrected chi connectivity index (χ2v) is 10.5. The molecule has 2 aromatic heterocycles. The summed E-state index contributed by atoms with van der Waals surface area (Å²) in [7, 11) is -3.88. The molecule has 8 nitrogen and oxygen atoms in total. The number of rotatable bonds is 6. The van der Waals surface area contributed by atoms with Gasteiger partial charge in [0, 0.05) is 11.8 Å². The number of hydrogen-bond acceptors (Lipinski definition) is 7. The average molecular weight is 518 g/mol. The number of sulfone groups is 1. The second kappa shape index (κ2) is 8.71. The van der Waals surface area contributed by atoms with Gasteiger partial charge in [-0.3, -0.25) is 14.9 Å². The van der Waals surface area contributed by atoms with Crippen LogP contribution in [0.25, 0.3) is 11.4 Å². The minimum atomic E-state index is -5.90. The molecule has 1 amide bonds. The standard InChI is InChI=1S/C21H19F5N4O4S/c1-4-35(32,33)16-6-13(19(2,3)10-27)7-29-17(16)14-5-12-9-34-18(31)30(15(12)8-28-14)11-20(22,23)21(24,25)26/h5-8H,4,9,11H2,1-3H3. The summed E-state index contributed by atoms with van der Waals surface area (Å²) in [5.74, 6) is -5.52. The lowest BCUT2D eigenvalue weighted by molar-refractivity contribution is -0.276. The maximum Gasteiger partial charge on any atom is 0.455 e. The fraction of sp³-hybridized carbons (Fsp3) is 0.429. The molecule has 35 heavy (non-hydrogen) atoms. The number of nitrogens with zero attached hydrogens (tertiary/aromatic N) is 4. The van der Waals surface area contributed by atoms with Crippen LogP contribution >= 0.6 is 0 Å². The number of carbonyl (C=O) groups is 1. The van der Waals surface area contributed by atoms with Crippen LogP contribution in [0.3, 0.4) is 0 Å². The van der Waals surface area contributed by atoms with Crippen LogP contribution in [0, 0.1) is 11.3 Å². The number of fused-ring (bicyclic) bond motifs is 1. The van der Waals surface area contributed by atoms with Crippen LogP contribution in [-0.2, 0) is 26.6 Å². The van der Waals surface area contributed by atoms with Crippen molar-refractivity contribution in [3.63, 3.8) is 0 Å². The summed E-state index contributed by atoms with van der Waals surface area (Å²) in [5, 5.41) is 9.38. The quantitative estimate of drug-likeness (QED) is 0.521.